The van der Waals surface area contributed by atoms with Crippen molar-refractivity contribution in [1.29, 1.82) is 0 Å². The SMILES string of the molecule is CN(C)c1ccc(NC(=O)c2ccnn2C)nc1. The van der Waals surface area contributed by atoms with E-state index in [-0.39, 0.29) is 5.91 Å². The first-order valence-corrected chi connectivity index (χ1v) is 5.50. The smallest absolute Gasteiger partial charge is 0.275 e. The number of carbonyl (C=O) groups excluding carboxylic acids is 1. The van der Waals surface area contributed by atoms with Gasteiger partial charge in [0.05, 0.1) is 11.9 Å². The molecule has 2 aromatic rings. The van der Waals surface area contributed by atoms with Gasteiger partial charge in [0.25, 0.3) is 5.91 Å². The highest BCUT2D eigenvalue weighted by Crippen LogP contribution is 2.12. The second-order valence-corrected chi connectivity index (χ2v) is 4.09. The van der Waals surface area contributed by atoms with Gasteiger partial charge in [0, 0.05) is 27.3 Å². The lowest BCUT2D eigenvalue weighted by Gasteiger charge is -2.12. The van der Waals surface area contributed by atoms with Gasteiger partial charge in [0.15, 0.2) is 0 Å². The summed E-state index contributed by atoms with van der Waals surface area (Å²) in [6.07, 6.45) is 3.29. The molecule has 0 aliphatic rings. The molecule has 0 bridgehead atoms. The van der Waals surface area contributed by atoms with Crippen molar-refractivity contribution in [2.24, 2.45) is 7.05 Å². The quantitative estimate of drug-likeness (QED) is 0.880. The van der Waals surface area contributed by atoms with E-state index in [0.717, 1.165) is 5.69 Å². The summed E-state index contributed by atoms with van der Waals surface area (Å²) in [6, 6.07) is 5.32. The molecule has 0 saturated heterocycles. The molecule has 1 N–H and O–H groups in total. The maximum atomic E-state index is 11.9. The standard InChI is InChI=1S/C12H15N5O/c1-16(2)9-4-5-11(13-8-9)15-12(18)10-6-7-14-17(10)3/h4-8H,1-3H3,(H,13,15,18). The van der Waals surface area contributed by atoms with Gasteiger partial charge < -0.3 is 10.2 Å². The fraction of sp³-hybridized carbons (Fsp3) is 0.250. The normalized spacial score (nSPS) is 10.2. The van der Waals surface area contributed by atoms with Crippen molar-refractivity contribution in [3.8, 4) is 0 Å². The lowest BCUT2D eigenvalue weighted by molar-refractivity contribution is 0.101. The summed E-state index contributed by atoms with van der Waals surface area (Å²) in [7, 11) is 5.59. The Hall–Kier alpha value is -2.37. The number of aromatic nitrogens is 3. The molecule has 18 heavy (non-hydrogen) atoms. The molecule has 6 heteroatoms. The maximum absolute atomic E-state index is 11.9. The molecule has 0 atom stereocenters. The van der Waals surface area contributed by atoms with E-state index >= 15 is 0 Å². The lowest BCUT2D eigenvalue weighted by Crippen LogP contribution is -2.17. The molecule has 6 nitrogen and oxygen atoms in total. The van der Waals surface area contributed by atoms with Crippen molar-refractivity contribution in [3.05, 3.63) is 36.3 Å². The van der Waals surface area contributed by atoms with Crippen LogP contribution >= 0.6 is 0 Å². The summed E-state index contributed by atoms with van der Waals surface area (Å²) in [4.78, 5) is 18.0. The highest BCUT2D eigenvalue weighted by Gasteiger charge is 2.10. The van der Waals surface area contributed by atoms with Gasteiger partial charge in [0.1, 0.15) is 11.5 Å². The summed E-state index contributed by atoms with van der Waals surface area (Å²) in [6.45, 7) is 0. The van der Waals surface area contributed by atoms with Crippen LogP contribution in [0.3, 0.4) is 0 Å². The largest absolute Gasteiger partial charge is 0.376 e. The average Bonchev–Trinajstić information content (AvgIpc) is 2.76. The van der Waals surface area contributed by atoms with E-state index in [1.807, 2.05) is 25.1 Å². The molecule has 0 fully saturated rings. The summed E-state index contributed by atoms with van der Waals surface area (Å²) in [5.41, 5.74) is 1.47. The number of aryl methyl sites for hydroxylation is 1. The molecule has 0 aromatic carbocycles. The molecular weight excluding hydrogens is 230 g/mol. The molecule has 2 aromatic heterocycles. The monoisotopic (exact) mass is 245 g/mol. The van der Waals surface area contributed by atoms with Crippen molar-refractivity contribution in [3.63, 3.8) is 0 Å². The molecule has 0 unspecified atom stereocenters. The number of hydrogen-bond donors (Lipinski definition) is 1. The number of carbonyl (C=O) groups is 1. The Balaban J connectivity index is 2.10. The Morgan fingerprint density at radius 3 is 2.61 bits per heavy atom. The van der Waals surface area contributed by atoms with Gasteiger partial charge in [-0.05, 0) is 18.2 Å². The third-order valence-corrected chi connectivity index (χ3v) is 2.56. The van der Waals surface area contributed by atoms with Gasteiger partial charge in [0.2, 0.25) is 0 Å². The average molecular weight is 245 g/mol. The zero-order valence-electron chi connectivity index (χ0n) is 10.6. The van der Waals surface area contributed by atoms with Crippen LogP contribution < -0.4 is 10.2 Å². The molecule has 2 heterocycles. The van der Waals surface area contributed by atoms with Crippen LogP contribution in [0.1, 0.15) is 10.5 Å². The summed E-state index contributed by atoms with van der Waals surface area (Å²) in [5.74, 6) is 0.298. The minimum Gasteiger partial charge on any atom is -0.376 e. The maximum Gasteiger partial charge on any atom is 0.275 e. The minimum atomic E-state index is -0.222. The van der Waals surface area contributed by atoms with Gasteiger partial charge in [-0.2, -0.15) is 5.10 Å². The Labute approximate surface area is 105 Å². The predicted octanol–water partition coefficient (Wildman–Crippen LogP) is 1.13. The number of pyridine rings is 1. The van der Waals surface area contributed by atoms with Crippen molar-refractivity contribution in [2.45, 2.75) is 0 Å². The number of anilines is 2. The van der Waals surface area contributed by atoms with Crippen LogP contribution in [-0.4, -0.2) is 34.8 Å². The summed E-state index contributed by atoms with van der Waals surface area (Å²) < 4.78 is 1.52. The topological polar surface area (TPSA) is 63.1 Å². The number of nitrogens with zero attached hydrogens (tertiary/aromatic N) is 4. The van der Waals surface area contributed by atoms with Crippen LogP contribution in [-0.2, 0) is 7.05 Å². The second kappa shape index (κ2) is 4.87. The van der Waals surface area contributed by atoms with E-state index in [9.17, 15) is 4.79 Å². The molecule has 0 spiro atoms. The third kappa shape index (κ3) is 2.48. The van der Waals surface area contributed by atoms with E-state index in [4.69, 9.17) is 0 Å². The number of rotatable bonds is 3. The van der Waals surface area contributed by atoms with E-state index in [1.165, 1.54) is 4.68 Å². The zero-order valence-corrected chi connectivity index (χ0v) is 10.6. The Morgan fingerprint density at radius 2 is 2.11 bits per heavy atom. The van der Waals surface area contributed by atoms with Crippen molar-refractivity contribution in [1.82, 2.24) is 14.8 Å². The first-order valence-electron chi connectivity index (χ1n) is 5.50. The minimum absolute atomic E-state index is 0.222. The fourth-order valence-corrected chi connectivity index (χ4v) is 1.50. The van der Waals surface area contributed by atoms with Gasteiger partial charge in [-0.1, -0.05) is 0 Å². The first-order chi connectivity index (χ1) is 8.58. The van der Waals surface area contributed by atoms with Gasteiger partial charge >= 0.3 is 0 Å². The Morgan fingerprint density at radius 1 is 1.33 bits per heavy atom. The van der Waals surface area contributed by atoms with Crippen molar-refractivity contribution < 1.29 is 4.79 Å². The molecule has 1 amide bonds. The van der Waals surface area contributed by atoms with Crippen LogP contribution in [0.25, 0.3) is 0 Å². The number of nitrogens with one attached hydrogen (secondary N) is 1. The Kier molecular flexibility index (Phi) is 3.27. The molecular formula is C12H15N5O. The van der Waals surface area contributed by atoms with Crippen LogP contribution in [0.4, 0.5) is 11.5 Å². The van der Waals surface area contributed by atoms with Crippen LogP contribution in [0.15, 0.2) is 30.6 Å². The zero-order chi connectivity index (χ0) is 13.1. The van der Waals surface area contributed by atoms with E-state index in [2.05, 4.69) is 15.4 Å². The number of hydrogen-bond acceptors (Lipinski definition) is 4. The van der Waals surface area contributed by atoms with E-state index in [1.54, 1.807) is 31.6 Å². The molecule has 0 aliphatic carbocycles. The molecule has 2 rings (SSSR count). The van der Waals surface area contributed by atoms with Gasteiger partial charge in [-0.25, -0.2) is 4.98 Å². The predicted molar refractivity (Wildman–Crippen MR) is 69.7 cm³/mol. The number of amides is 1. The van der Waals surface area contributed by atoms with E-state index in [0.29, 0.717) is 11.5 Å². The first kappa shape index (κ1) is 12.1. The Bertz CT molecular complexity index is 544. The van der Waals surface area contributed by atoms with Gasteiger partial charge in [-0.15, -0.1) is 0 Å². The van der Waals surface area contributed by atoms with Crippen LogP contribution in [0.5, 0.6) is 0 Å². The lowest BCUT2D eigenvalue weighted by atomic mass is 10.3. The highest BCUT2D eigenvalue weighted by atomic mass is 16.2. The van der Waals surface area contributed by atoms with Crippen LogP contribution in [0.2, 0.25) is 0 Å². The van der Waals surface area contributed by atoms with Crippen LogP contribution in [0, 0.1) is 0 Å². The van der Waals surface area contributed by atoms with Crippen molar-refractivity contribution in [2.75, 3.05) is 24.3 Å². The molecule has 0 saturated carbocycles. The summed E-state index contributed by atoms with van der Waals surface area (Å²) >= 11 is 0. The molecule has 94 valence electrons. The third-order valence-electron chi connectivity index (χ3n) is 2.56. The molecule has 0 radical (unpaired) electrons. The second-order valence-electron chi connectivity index (χ2n) is 4.09. The van der Waals surface area contributed by atoms with Gasteiger partial charge in [-0.3, -0.25) is 9.48 Å². The highest BCUT2D eigenvalue weighted by molar-refractivity contribution is 6.02. The van der Waals surface area contributed by atoms with Crippen molar-refractivity contribution >= 4 is 17.4 Å². The summed E-state index contributed by atoms with van der Waals surface area (Å²) in [5, 5.41) is 6.67. The molecule has 0 aliphatic heterocycles. The fourth-order valence-electron chi connectivity index (χ4n) is 1.50. The van der Waals surface area contributed by atoms with E-state index < -0.39 is 0 Å².